The smallest absolute Gasteiger partial charge is 0.0792 e. The number of aliphatic hydroxyl groups is 1. The van der Waals surface area contributed by atoms with Crippen molar-refractivity contribution in [3.05, 3.63) is 29.8 Å². The Morgan fingerprint density at radius 3 is 2.20 bits per heavy atom. The lowest BCUT2D eigenvalue weighted by atomic mass is 9.84. The van der Waals surface area contributed by atoms with Gasteiger partial charge in [0.15, 0.2) is 0 Å². The topological polar surface area (TPSA) is 23.5 Å². The normalized spacial score (nSPS) is 17.9. The molecule has 1 aromatic carbocycles. The molecule has 0 radical (unpaired) electrons. The number of aliphatic hydroxyl groups excluding tert-OH is 1. The molecule has 20 heavy (non-hydrogen) atoms. The molecule has 0 bridgehead atoms. The van der Waals surface area contributed by atoms with Gasteiger partial charge in [-0.1, -0.05) is 44.2 Å². The average molecular weight is 275 g/mol. The molecule has 1 N–H and O–H groups in total. The first-order chi connectivity index (χ1) is 9.74. The van der Waals surface area contributed by atoms with E-state index in [0.717, 1.165) is 31.0 Å². The van der Waals surface area contributed by atoms with Gasteiger partial charge in [0.2, 0.25) is 0 Å². The molecule has 0 spiro atoms. The highest BCUT2D eigenvalue weighted by Gasteiger charge is 2.18. The monoisotopic (exact) mass is 275 g/mol. The van der Waals surface area contributed by atoms with Crippen LogP contribution in [-0.2, 0) is 0 Å². The Morgan fingerprint density at radius 2 is 1.65 bits per heavy atom. The summed E-state index contributed by atoms with van der Waals surface area (Å²) in [7, 11) is 0. The summed E-state index contributed by atoms with van der Waals surface area (Å²) in [6.07, 6.45) is 7.32. The molecule has 2 heteroatoms. The van der Waals surface area contributed by atoms with E-state index in [1.54, 1.807) is 0 Å². The van der Waals surface area contributed by atoms with Crippen LogP contribution >= 0.6 is 0 Å². The summed E-state index contributed by atoms with van der Waals surface area (Å²) in [5.41, 5.74) is 2.33. The molecule has 0 amide bonds. The molecule has 0 aliphatic heterocycles. The van der Waals surface area contributed by atoms with Crippen LogP contribution in [0.4, 0.5) is 5.69 Å². The van der Waals surface area contributed by atoms with Gasteiger partial charge in [-0.3, -0.25) is 0 Å². The summed E-state index contributed by atoms with van der Waals surface area (Å²) in [6, 6.07) is 8.49. The van der Waals surface area contributed by atoms with Gasteiger partial charge in [0, 0.05) is 18.8 Å². The van der Waals surface area contributed by atoms with Crippen LogP contribution < -0.4 is 4.90 Å². The zero-order valence-electron chi connectivity index (χ0n) is 13.0. The van der Waals surface area contributed by atoms with Crippen LogP contribution in [0.5, 0.6) is 0 Å². The standard InChI is InChI=1S/C18H29NO/c1-3-19(4-2)17-12-10-16(11-13-17)18(20)14-15-8-6-5-7-9-15/h10-13,15,18,20H,3-9,14H2,1-2H3. The van der Waals surface area contributed by atoms with Crippen molar-refractivity contribution in [3.63, 3.8) is 0 Å². The Morgan fingerprint density at radius 1 is 1.05 bits per heavy atom. The Bertz CT molecular complexity index is 377. The van der Waals surface area contributed by atoms with Crippen LogP contribution in [0.3, 0.4) is 0 Å². The van der Waals surface area contributed by atoms with E-state index in [9.17, 15) is 5.11 Å². The zero-order valence-corrected chi connectivity index (χ0v) is 13.0. The van der Waals surface area contributed by atoms with Crippen molar-refractivity contribution < 1.29 is 5.11 Å². The van der Waals surface area contributed by atoms with Gasteiger partial charge in [0.05, 0.1) is 6.10 Å². The number of hydrogen-bond donors (Lipinski definition) is 1. The van der Waals surface area contributed by atoms with E-state index in [1.807, 2.05) is 0 Å². The Labute approximate surface area is 123 Å². The molecule has 1 aromatic rings. The molecule has 1 unspecified atom stereocenters. The SMILES string of the molecule is CCN(CC)c1ccc(C(O)CC2CCCCC2)cc1. The molecule has 1 saturated carbocycles. The lowest BCUT2D eigenvalue weighted by molar-refractivity contribution is 0.131. The molecule has 0 heterocycles. The minimum atomic E-state index is -0.288. The van der Waals surface area contributed by atoms with E-state index < -0.39 is 0 Å². The van der Waals surface area contributed by atoms with Gasteiger partial charge in [-0.25, -0.2) is 0 Å². The van der Waals surface area contributed by atoms with Crippen molar-refractivity contribution in [2.24, 2.45) is 5.92 Å². The van der Waals surface area contributed by atoms with Crippen molar-refractivity contribution in [1.82, 2.24) is 0 Å². The maximum atomic E-state index is 10.4. The predicted molar refractivity (Wildman–Crippen MR) is 86.2 cm³/mol. The second-order valence-electron chi connectivity index (χ2n) is 6.02. The molecule has 2 nitrogen and oxygen atoms in total. The lowest BCUT2D eigenvalue weighted by Crippen LogP contribution is -2.21. The van der Waals surface area contributed by atoms with Crippen LogP contribution in [0.2, 0.25) is 0 Å². The molecule has 1 aliphatic rings. The van der Waals surface area contributed by atoms with Crippen molar-refractivity contribution in [2.75, 3.05) is 18.0 Å². The van der Waals surface area contributed by atoms with E-state index in [0.29, 0.717) is 0 Å². The summed E-state index contributed by atoms with van der Waals surface area (Å²) < 4.78 is 0. The van der Waals surface area contributed by atoms with Crippen molar-refractivity contribution in [3.8, 4) is 0 Å². The highest BCUT2D eigenvalue weighted by atomic mass is 16.3. The van der Waals surface area contributed by atoms with Crippen molar-refractivity contribution >= 4 is 5.69 Å². The fourth-order valence-corrected chi connectivity index (χ4v) is 3.37. The quantitative estimate of drug-likeness (QED) is 0.824. The minimum Gasteiger partial charge on any atom is -0.388 e. The molecule has 0 saturated heterocycles. The number of rotatable bonds is 6. The van der Waals surface area contributed by atoms with Gasteiger partial charge < -0.3 is 10.0 Å². The van der Waals surface area contributed by atoms with Crippen LogP contribution in [0.25, 0.3) is 0 Å². The molecule has 1 aliphatic carbocycles. The summed E-state index contributed by atoms with van der Waals surface area (Å²) >= 11 is 0. The first-order valence-electron chi connectivity index (χ1n) is 8.27. The van der Waals surface area contributed by atoms with Crippen molar-refractivity contribution in [1.29, 1.82) is 0 Å². The van der Waals surface area contributed by atoms with Crippen LogP contribution in [0.15, 0.2) is 24.3 Å². The first-order valence-corrected chi connectivity index (χ1v) is 8.27. The molecular formula is C18H29NO. The number of nitrogens with zero attached hydrogens (tertiary/aromatic N) is 1. The maximum absolute atomic E-state index is 10.4. The molecular weight excluding hydrogens is 246 g/mol. The molecule has 2 rings (SSSR count). The number of anilines is 1. The van der Waals surface area contributed by atoms with Crippen LogP contribution in [0, 0.1) is 5.92 Å². The fraction of sp³-hybridized carbons (Fsp3) is 0.667. The molecule has 1 fully saturated rings. The fourth-order valence-electron chi connectivity index (χ4n) is 3.37. The van der Waals surface area contributed by atoms with Crippen LogP contribution in [-0.4, -0.2) is 18.2 Å². The predicted octanol–water partition coefficient (Wildman–Crippen LogP) is 4.54. The van der Waals surface area contributed by atoms with Gasteiger partial charge in [0.1, 0.15) is 0 Å². The largest absolute Gasteiger partial charge is 0.388 e. The Balaban J connectivity index is 1.94. The highest BCUT2D eigenvalue weighted by Crippen LogP contribution is 2.32. The van der Waals surface area contributed by atoms with Gasteiger partial charge in [-0.05, 0) is 43.9 Å². The summed E-state index contributed by atoms with van der Waals surface area (Å²) in [6.45, 7) is 6.41. The molecule has 1 atom stereocenters. The van der Waals surface area contributed by atoms with E-state index in [4.69, 9.17) is 0 Å². The van der Waals surface area contributed by atoms with E-state index in [1.165, 1.54) is 37.8 Å². The first kappa shape index (κ1) is 15.4. The second-order valence-corrected chi connectivity index (χ2v) is 6.02. The third-order valence-electron chi connectivity index (χ3n) is 4.69. The van der Waals surface area contributed by atoms with Gasteiger partial charge >= 0.3 is 0 Å². The third-order valence-corrected chi connectivity index (χ3v) is 4.69. The lowest BCUT2D eigenvalue weighted by Gasteiger charge is -2.25. The second kappa shape index (κ2) is 7.68. The summed E-state index contributed by atoms with van der Waals surface area (Å²) in [5.74, 6) is 0.723. The highest BCUT2D eigenvalue weighted by molar-refractivity contribution is 5.47. The van der Waals surface area contributed by atoms with Gasteiger partial charge in [0.25, 0.3) is 0 Å². The molecule has 0 aromatic heterocycles. The van der Waals surface area contributed by atoms with Gasteiger partial charge in [-0.2, -0.15) is 0 Å². The van der Waals surface area contributed by atoms with E-state index >= 15 is 0 Å². The maximum Gasteiger partial charge on any atom is 0.0792 e. The summed E-state index contributed by atoms with van der Waals surface area (Å²) in [4.78, 5) is 2.33. The van der Waals surface area contributed by atoms with Crippen LogP contribution in [0.1, 0.15) is 64.0 Å². The van der Waals surface area contributed by atoms with E-state index in [2.05, 4.69) is 43.0 Å². The number of benzene rings is 1. The van der Waals surface area contributed by atoms with Gasteiger partial charge in [-0.15, -0.1) is 0 Å². The molecule has 112 valence electrons. The summed E-state index contributed by atoms with van der Waals surface area (Å²) in [5, 5.41) is 10.4. The van der Waals surface area contributed by atoms with Crippen molar-refractivity contribution in [2.45, 2.75) is 58.5 Å². The van der Waals surface area contributed by atoms with E-state index in [-0.39, 0.29) is 6.10 Å². The third kappa shape index (κ3) is 3.99. The Kier molecular flexibility index (Phi) is 5.90. The zero-order chi connectivity index (χ0) is 14.4. The number of hydrogen-bond acceptors (Lipinski definition) is 2. The Hall–Kier alpha value is -1.02. The average Bonchev–Trinajstić information content (AvgIpc) is 2.50. The minimum absolute atomic E-state index is 0.288.